The van der Waals surface area contributed by atoms with Gasteiger partial charge in [-0.05, 0) is 97.5 Å². The minimum absolute atomic E-state index is 0.122. The maximum atomic E-state index is 11.5. The number of aliphatic hydroxyl groups excluding tert-OH is 4. The van der Waals surface area contributed by atoms with Crippen molar-refractivity contribution in [1.82, 2.24) is 0 Å². The molecular weight excluding hydrogens is 488 g/mol. The average Bonchev–Trinajstić information content (AvgIpc) is 3.27. The zero-order valence-electron chi connectivity index (χ0n) is 22.4. The predicted molar refractivity (Wildman–Crippen MR) is 138 cm³/mol. The molecule has 0 aromatic carbocycles. The minimum Gasteiger partial charge on any atom is -0.431 e. The molecule has 0 spiro atoms. The summed E-state index contributed by atoms with van der Waals surface area (Å²) in [7, 11) is 0. The third-order valence-electron chi connectivity index (χ3n) is 11.4. The van der Waals surface area contributed by atoms with Crippen molar-refractivity contribution in [2.45, 2.75) is 108 Å². The normalized spacial score (nSPS) is 48.5. The number of rotatable bonds is 4. The highest BCUT2D eigenvalue weighted by atomic mass is 16.7. The highest BCUT2D eigenvalue weighted by Gasteiger charge is 2.59. The fourth-order valence-corrected chi connectivity index (χ4v) is 9.27. The second kappa shape index (κ2) is 9.82. The Kier molecular flexibility index (Phi) is 6.89. The van der Waals surface area contributed by atoms with Gasteiger partial charge < -0.3 is 34.3 Å². The quantitative estimate of drug-likeness (QED) is 0.438. The third kappa shape index (κ3) is 4.14. The van der Waals surface area contributed by atoms with Crippen molar-refractivity contribution in [3.05, 3.63) is 46.0 Å². The van der Waals surface area contributed by atoms with Gasteiger partial charge in [-0.2, -0.15) is 0 Å². The van der Waals surface area contributed by atoms with E-state index in [4.69, 9.17) is 13.9 Å². The number of fused-ring (bicyclic) bond motifs is 5. The largest absolute Gasteiger partial charge is 0.431 e. The fourth-order valence-electron chi connectivity index (χ4n) is 9.27. The zero-order chi connectivity index (χ0) is 26.8. The molecular formula is C30H42O8. The Morgan fingerprint density at radius 2 is 1.79 bits per heavy atom. The molecule has 5 aliphatic rings. The summed E-state index contributed by atoms with van der Waals surface area (Å²) >= 11 is 0. The van der Waals surface area contributed by atoms with Crippen molar-refractivity contribution in [2.24, 2.45) is 28.6 Å². The number of hydrogen-bond acceptors (Lipinski definition) is 8. The van der Waals surface area contributed by atoms with Gasteiger partial charge in [-0.15, -0.1) is 0 Å². The van der Waals surface area contributed by atoms with Crippen LogP contribution in [-0.4, -0.2) is 63.8 Å². The van der Waals surface area contributed by atoms with E-state index in [1.54, 1.807) is 12.3 Å². The Morgan fingerprint density at radius 1 is 0.974 bits per heavy atom. The van der Waals surface area contributed by atoms with Crippen LogP contribution in [0.3, 0.4) is 0 Å². The fraction of sp³-hybridized carbons (Fsp3) is 0.767. The summed E-state index contributed by atoms with van der Waals surface area (Å²) in [6.07, 6.45) is 6.14. The summed E-state index contributed by atoms with van der Waals surface area (Å²) in [5, 5.41) is 40.2. The van der Waals surface area contributed by atoms with Gasteiger partial charge in [-0.25, -0.2) is 4.79 Å². The van der Waals surface area contributed by atoms with Crippen molar-refractivity contribution in [3.63, 3.8) is 0 Å². The van der Waals surface area contributed by atoms with Gasteiger partial charge >= 0.3 is 5.63 Å². The minimum atomic E-state index is -1.43. The molecule has 6 rings (SSSR count). The van der Waals surface area contributed by atoms with Crippen LogP contribution in [0.1, 0.15) is 76.7 Å². The predicted octanol–water partition coefficient (Wildman–Crippen LogP) is 2.87. The van der Waals surface area contributed by atoms with Crippen LogP contribution in [0.25, 0.3) is 0 Å². The maximum Gasteiger partial charge on any atom is 0.335 e. The van der Waals surface area contributed by atoms with Crippen molar-refractivity contribution in [2.75, 3.05) is 6.61 Å². The summed E-state index contributed by atoms with van der Waals surface area (Å²) in [6.45, 7) is 4.44. The lowest BCUT2D eigenvalue weighted by Gasteiger charge is -2.58. The molecule has 4 fully saturated rings. The van der Waals surface area contributed by atoms with Gasteiger partial charge in [-0.3, -0.25) is 0 Å². The zero-order valence-corrected chi connectivity index (χ0v) is 22.4. The first kappa shape index (κ1) is 26.7. The lowest BCUT2D eigenvalue weighted by atomic mass is 9.46. The first-order valence-electron chi connectivity index (χ1n) is 14.4. The molecule has 1 aliphatic heterocycles. The Balaban J connectivity index is 1.18. The summed E-state index contributed by atoms with van der Waals surface area (Å²) in [5.74, 6) is 2.41. The summed E-state index contributed by atoms with van der Waals surface area (Å²) in [5.41, 5.74) is 2.66. The molecule has 1 aromatic rings. The molecule has 2 heterocycles. The lowest BCUT2D eigenvalue weighted by Crippen LogP contribution is -2.59. The molecule has 1 aromatic heterocycles. The molecule has 0 amide bonds. The van der Waals surface area contributed by atoms with Crippen LogP contribution in [0.4, 0.5) is 0 Å². The van der Waals surface area contributed by atoms with Crippen molar-refractivity contribution < 1.29 is 34.3 Å². The van der Waals surface area contributed by atoms with E-state index >= 15 is 0 Å². The molecule has 4 aliphatic carbocycles. The summed E-state index contributed by atoms with van der Waals surface area (Å²) < 4.78 is 17.0. The van der Waals surface area contributed by atoms with E-state index in [1.807, 2.05) is 6.07 Å². The number of hydrogen-bond donors (Lipinski definition) is 4. The van der Waals surface area contributed by atoms with Gasteiger partial charge in [-0.1, -0.05) is 25.5 Å². The van der Waals surface area contributed by atoms with E-state index in [9.17, 15) is 25.2 Å². The smallest absolute Gasteiger partial charge is 0.335 e. The maximum absolute atomic E-state index is 11.5. The monoisotopic (exact) mass is 530 g/mol. The Morgan fingerprint density at radius 3 is 2.53 bits per heavy atom. The highest BCUT2D eigenvalue weighted by Crippen LogP contribution is 2.68. The van der Waals surface area contributed by atoms with Gasteiger partial charge in [0.2, 0.25) is 0 Å². The van der Waals surface area contributed by atoms with Crippen molar-refractivity contribution in [3.8, 4) is 0 Å². The Bertz CT molecular complexity index is 1090. The highest BCUT2D eigenvalue weighted by molar-refractivity contribution is 5.28. The van der Waals surface area contributed by atoms with E-state index in [0.717, 1.165) is 32.1 Å². The molecule has 3 saturated carbocycles. The second-order valence-corrected chi connectivity index (χ2v) is 13.0. The van der Waals surface area contributed by atoms with E-state index in [0.29, 0.717) is 23.7 Å². The van der Waals surface area contributed by atoms with Gasteiger partial charge in [0.1, 0.15) is 24.4 Å². The van der Waals surface area contributed by atoms with Crippen LogP contribution in [-0.2, 0) is 9.47 Å². The topological polar surface area (TPSA) is 130 Å². The van der Waals surface area contributed by atoms with Crippen LogP contribution in [0, 0.1) is 28.6 Å². The SMILES string of the molecule is C[C@]12CC[C@H]3[C@@H](CCC4=C[C@@H](OC5OC(CO)C(O)C(O)C5O)CC[C@@]43C)[C@H]1CC[C@@H]2c1ccc(=O)oc1. The number of ether oxygens (including phenoxy) is 2. The standard InChI is InChI=1S/C30H42O8/c1-29-11-9-18(37-28-27(35)26(34)25(33)23(14-31)38-28)13-17(29)4-5-19-21-7-6-20(16-3-8-24(32)36-15-16)30(21,2)12-10-22(19)29/h3,8,13,15,18-23,25-28,31,33-35H,4-7,9-12,14H2,1-2H3/t18-,19-,20+,21+,22-,23?,25?,26?,27?,28?,29-,30+/m0/s1. The van der Waals surface area contributed by atoms with Gasteiger partial charge in [0.25, 0.3) is 0 Å². The molecule has 0 radical (unpaired) electrons. The van der Waals surface area contributed by atoms with Gasteiger partial charge in [0.15, 0.2) is 6.29 Å². The molecule has 8 heteroatoms. The van der Waals surface area contributed by atoms with Crippen molar-refractivity contribution in [1.29, 1.82) is 0 Å². The van der Waals surface area contributed by atoms with Gasteiger partial charge in [0, 0.05) is 6.07 Å². The van der Waals surface area contributed by atoms with Crippen LogP contribution in [0.2, 0.25) is 0 Å². The van der Waals surface area contributed by atoms with E-state index in [-0.39, 0.29) is 22.6 Å². The van der Waals surface area contributed by atoms with Crippen LogP contribution < -0.4 is 5.63 Å². The van der Waals surface area contributed by atoms with E-state index in [1.165, 1.54) is 30.4 Å². The second-order valence-electron chi connectivity index (χ2n) is 13.0. The molecule has 4 N–H and O–H groups in total. The molecule has 5 unspecified atom stereocenters. The van der Waals surface area contributed by atoms with Crippen LogP contribution >= 0.6 is 0 Å². The first-order valence-corrected chi connectivity index (χ1v) is 14.4. The van der Waals surface area contributed by atoms with E-state index in [2.05, 4.69) is 19.9 Å². The molecule has 38 heavy (non-hydrogen) atoms. The molecule has 8 nitrogen and oxygen atoms in total. The summed E-state index contributed by atoms with van der Waals surface area (Å²) in [4.78, 5) is 11.5. The average molecular weight is 531 g/mol. The molecule has 0 bridgehead atoms. The van der Waals surface area contributed by atoms with Crippen LogP contribution in [0.5, 0.6) is 0 Å². The third-order valence-corrected chi connectivity index (χ3v) is 11.4. The molecule has 1 saturated heterocycles. The summed E-state index contributed by atoms with van der Waals surface area (Å²) in [6, 6.07) is 3.52. The Hall–Kier alpha value is -1.55. The molecule has 210 valence electrons. The van der Waals surface area contributed by atoms with E-state index < -0.39 is 37.3 Å². The Labute approximate surface area is 223 Å². The van der Waals surface area contributed by atoms with Crippen molar-refractivity contribution >= 4 is 0 Å². The first-order chi connectivity index (χ1) is 18.2. The molecule has 12 atom stereocenters. The number of allylic oxidation sites excluding steroid dienone is 1. The van der Waals surface area contributed by atoms with Gasteiger partial charge in [0.05, 0.1) is 19.0 Å². The van der Waals surface area contributed by atoms with Crippen LogP contribution in [0.15, 0.2) is 39.3 Å². The lowest BCUT2D eigenvalue weighted by molar-refractivity contribution is -0.308. The number of aliphatic hydroxyl groups is 4.